The molecule has 0 atom stereocenters. The molecule has 31 heavy (non-hydrogen) atoms. The van der Waals surface area contributed by atoms with Crippen molar-refractivity contribution in [2.75, 3.05) is 11.9 Å². The molecule has 0 heterocycles. The molecule has 0 fully saturated rings. The van der Waals surface area contributed by atoms with E-state index in [1.165, 1.54) is 24.3 Å². The van der Waals surface area contributed by atoms with Crippen LogP contribution in [-0.4, -0.2) is 30.0 Å². The van der Waals surface area contributed by atoms with Gasteiger partial charge in [0, 0.05) is 16.7 Å². The van der Waals surface area contributed by atoms with Gasteiger partial charge in [-0.25, -0.2) is 4.79 Å². The molecular formula is C23H13Cl2NO5. The lowest BCUT2D eigenvalue weighted by Crippen LogP contribution is -2.26. The lowest BCUT2D eigenvalue weighted by atomic mass is 9.83. The number of nitrogens with one attached hydrogen (secondary N) is 1. The number of hydrogen-bond donors (Lipinski definition) is 1. The molecule has 1 N–H and O–H groups in total. The first-order valence-electron chi connectivity index (χ1n) is 9.11. The van der Waals surface area contributed by atoms with Gasteiger partial charge in [-0.3, -0.25) is 14.4 Å². The number of esters is 1. The quantitative estimate of drug-likeness (QED) is 0.457. The highest BCUT2D eigenvalue weighted by Gasteiger charge is 2.31. The van der Waals surface area contributed by atoms with Gasteiger partial charge < -0.3 is 10.1 Å². The third-order valence-electron chi connectivity index (χ3n) is 4.73. The molecular weight excluding hydrogens is 441 g/mol. The molecule has 8 heteroatoms. The molecule has 4 rings (SSSR count). The van der Waals surface area contributed by atoms with Gasteiger partial charge in [0.1, 0.15) is 0 Å². The molecule has 1 aliphatic rings. The van der Waals surface area contributed by atoms with Crippen molar-refractivity contribution in [2.24, 2.45) is 0 Å². The van der Waals surface area contributed by atoms with Crippen molar-refractivity contribution in [2.45, 2.75) is 0 Å². The number of ketones is 2. The van der Waals surface area contributed by atoms with Crippen LogP contribution in [-0.2, 0) is 9.53 Å². The fraction of sp³-hybridized carbons (Fsp3) is 0.0435. The lowest BCUT2D eigenvalue weighted by molar-refractivity contribution is -0.119. The summed E-state index contributed by atoms with van der Waals surface area (Å²) in [4.78, 5) is 50.4. The minimum absolute atomic E-state index is 0.0481. The first kappa shape index (κ1) is 20.8. The highest BCUT2D eigenvalue weighted by molar-refractivity contribution is 6.39. The Morgan fingerprint density at radius 1 is 0.774 bits per heavy atom. The van der Waals surface area contributed by atoms with E-state index in [0.29, 0.717) is 5.56 Å². The smallest absolute Gasteiger partial charge is 0.341 e. The van der Waals surface area contributed by atoms with Crippen LogP contribution < -0.4 is 5.32 Å². The predicted molar refractivity (Wildman–Crippen MR) is 115 cm³/mol. The number of fused-ring (bicyclic) bond motifs is 2. The summed E-state index contributed by atoms with van der Waals surface area (Å²) in [5.74, 6) is -2.23. The van der Waals surface area contributed by atoms with Crippen LogP contribution in [0.4, 0.5) is 5.69 Å². The Morgan fingerprint density at radius 3 is 2.03 bits per heavy atom. The number of halogens is 2. The predicted octanol–water partition coefficient (Wildman–Crippen LogP) is 4.56. The largest absolute Gasteiger partial charge is 0.452 e. The maximum atomic E-state index is 13.0. The first-order valence-corrected chi connectivity index (χ1v) is 9.86. The van der Waals surface area contributed by atoms with E-state index in [1.54, 1.807) is 36.4 Å². The number of amides is 1. The summed E-state index contributed by atoms with van der Waals surface area (Å²) in [6.07, 6.45) is 0. The molecule has 3 aromatic rings. The molecule has 0 spiro atoms. The Bertz CT molecular complexity index is 1250. The highest BCUT2D eigenvalue weighted by atomic mass is 35.5. The van der Waals surface area contributed by atoms with Crippen molar-refractivity contribution >= 4 is 52.3 Å². The Labute approximate surface area is 186 Å². The van der Waals surface area contributed by atoms with Crippen molar-refractivity contribution in [1.82, 2.24) is 0 Å². The van der Waals surface area contributed by atoms with E-state index >= 15 is 0 Å². The summed E-state index contributed by atoms with van der Waals surface area (Å²) in [7, 11) is 0. The van der Waals surface area contributed by atoms with Gasteiger partial charge in [0.05, 0.1) is 26.9 Å². The first-order chi connectivity index (χ1) is 14.9. The number of carbonyl (C=O) groups excluding carboxylic acids is 4. The highest BCUT2D eigenvalue weighted by Crippen LogP contribution is 2.32. The SMILES string of the molecule is O=C(COC(=O)c1c(Cl)cccc1Cl)Nc1cccc2c1C(=O)c1ccccc1C2=O. The fourth-order valence-electron chi connectivity index (χ4n) is 3.33. The van der Waals surface area contributed by atoms with Crippen LogP contribution in [0.5, 0.6) is 0 Å². The van der Waals surface area contributed by atoms with E-state index in [-0.39, 0.29) is 49.6 Å². The molecule has 154 valence electrons. The molecule has 6 nitrogen and oxygen atoms in total. The van der Waals surface area contributed by atoms with Crippen molar-refractivity contribution in [3.63, 3.8) is 0 Å². The summed E-state index contributed by atoms with van der Waals surface area (Å²) in [6, 6.07) is 15.6. The maximum absolute atomic E-state index is 13.0. The monoisotopic (exact) mass is 453 g/mol. The van der Waals surface area contributed by atoms with Gasteiger partial charge in [0.2, 0.25) is 0 Å². The number of benzene rings is 3. The van der Waals surface area contributed by atoms with E-state index in [9.17, 15) is 19.2 Å². The number of hydrogen-bond acceptors (Lipinski definition) is 5. The normalized spacial score (nSPS) is 12.1. The van der Waals surface area contributed by atoms with Crippen LogP contribution in [0.1, 0.15) is 42.2 Å². The average Bonchev–Trinajstić information content (AvgIpc) is 2.76. The minimum atomic E-state index is -0.860. The summed E-state index contributed by atoms with van der Waals surface area (Å²) >= 11 is 11.9. The van der Waals surface area contributed by atoms with E-state index in [1.807, 2.05) is 0 Å². The van der Waals surface area contributed by atoms with Crippen LogP contribution in [0.15, 0.2) is 60.7 Å². The Kier molecular flexibility index (Phi) is 5.59. The second kappa shape index (κ2) is 8.34. The molecule has 0 saturated carbocycles. The van der Waals surface area contributed by atoms with Crippen LogP contribution in [0.25, 0.3) is 0 Å². The van der Waals surface area contributed by atoms with Gasteiger partial charge in [-0.1, -0.05) is 65.7 Å². The molecule has 0 aromatic heterocycles. The van der Waals surface area contributed by atoms with Crippen molar-refractivity contribution in [1.29, 1.82) is 0 Å². The molecule has 0 bridgehead atoms. The summed E-state index contributed by atoms with van der Waals surface area (Å²) in [5, 5.41) is 2.72. The number of ether oxygens (including phenoxy) is 1. The van der Waals surface area contributed by atoms with E-state index in [4.69, 9.17) is 27.9 Å². The second-order valence-electron chi connectivity index (χ2n) is 6.65. The van der Waals surface area contributed by atoms with Crippen LogP contribution in [0.3, 0.4) is 0 Å². The molecule has 0 saturated heterocycles. The topological polar surface area (TPSA) is 89.5 Å². The average molecular weight is 454 g/mol. The molecule has 1 amide bonds. The Hall–Kier alpha value is -3.48. The zero-order chi connectivity index (χ0) is 22.1. The van der Waals surface area contributed by atoms with Gasteiger partial charge in [-0.15, -0.1) is 0 Å². The minimum Gasteiger partial charge on any atom is -0.452 e. The van der Waals surface area contributed by atoms with E-state index in [2.05, 4.69) is 5.32 Å². The van der Waals surface area contributed by atoms with Crippen molar-refractivity contribution < 1.29 is 23.9 Å². The number of rotatable bonds is 4. The van der Waals surface area contributed by atoms with Gasteiger partial charge in [0.25, 0.3) is 5.91 Å². The third kappa shape index (κ3) is 3.83. The van der Waals surface area contributed by atoms with Gasteiger partial charge in [0.15, 0.2) is 18.2 Å². The van der Waals surface area contributed by atoms with Crippen molar-refractivity contribution in [3.05, 3.63) is 98.5 Å². The molecule has 1 aliphatic carbocycles. The molecule has 0 aliphatic heterocycles. The van der Waals surface area contributed by atoms with E-state index in [0.717, 1.165) is 0 Å². The summed E-state index contributed by atoms with van der Waals surface area (Å²) < 4.78 is 5.00. The maximum Gasteiger partial charge on any atom is 0.341 e. The second-order valence-corrected chi connectivity index (χ2v) is 7.47. The molecule has 0 unspecified atom stereocenters. The standard InChI is InChI=1S/C23H13Cl2NO5/c24-15-8-4-9-16(25)20(15)23(30)31-11-18(27)26-17-10-3-7-14-19(17)22(29)13-6-2-1-5-12(13)21(14)28/h1-10H,11H2,(H,26,27). The van der Waals surface area contributed by atoms with Gasteiger partial charge in [-0.05, 0) is 18.2 Å². The van der Waals surface area contributed by atoms with Gasteiger partial charge >= 0.3 is 5.97 Å². The molecule has 0 radical (unpaired) electrons. The zero-order valence-corrected chi connectivity index (χ0v) is 17.3. The van der Waals surface area contributed by atoms with Crippen LogP contribution >= 0.6 is 23.2 Å². The van der Waals surface area contributed by atoms with Crippen LogP contribution in [0.2, 0.25) is 10.0 Å². The summed E-state index contributed by atoms with van der Waals surface area (Å²) in [5.41, 5.74) is 0.979. The Balaban J connectivity index is 1.53. The third-order valence-corrected chi connectivity index (χ3v) is 5.36. The zero-order valence-electron chi connectivity index (χ0n) is 15.8. The fourth-order valence-corrected chi connectivity index (χ4v) is 3.88. The number of carbonyl (C=O) groups is 4. The number of anilines is 1. The van der Waals surface area contributed by atoms with Gasteiger partial charge in [-0.2, -0.15) is 0 Å². The van der Waals surface area contributed by atoms with E-state index < -0.39 is 18.5 Å². The van der Waals surface area contributed by atoms with Crippen molar-refractivity contribution in [3.8, 4) is 0 Å². The van der Waals surface area contributed by atoms with Crippen LogP contribution in [0, 0.1) is 0 Å². The molecule has 3 aromatic carbocycles. The summed E-state index contributed by atoms with van der Waals surface area (Å²) in [6.45, 7) is -0.636. The lowest BCUT2D eigenvalue weighted by Gasteiger charge is -2.20. The Morgan fingerprint density at radius 2 is 1.35 bits per heavy atom.